The molecule has 0 atom stereocenters. The van der Waals surface area contributed by atoms with Crippen molar-refractivity contribution in [1.29, 1.82) is 10.8 Å². The summed E-state index contributed by atoms with van der Waals surface area (Å²) in [4.78, 5) is 0. The highest BCUT2D eigenvalue weighted by atomic mass is 14.5. The van der Waals surface area contributed by atoms with Crippen LogP contribution in [0.1, 0.15) is 18.1 Å². The van der Waals surface area contributed by atoms with E-state index in [1.54, 1.807) is 0 Å². The Hall–Kier alpha value is -2.22. The topological polar surface area (TPSA) is 47.7 Å². The normalized spacial score (nSPS) is 11.1. The quantitative estimate of drug-likeness (QED) is 0.736. The van der Waals surface area contributed by atoms with Gasteiger partial charge in [0.2, 0.25) is 0 Å². The minimum atomic E-state index is -0.343. The molecule has 0 saturated carbocycles. The Morgan fingerprint density at radius 1 is 0.900 bits per heavy atom. The maximum Gasteiger partial charge on any atom is 0.0554 e. The second kappa shape index (κ2) is 6.29. The van der Waals surface area contributed by atoms with Crippen molar-refractivity contribution in [3.05, 3.63) is 71.8 Å². The first-order valence-corrected chi connectivity index (χ1v) is 6.81. The highest BCUT2D eigenvalue weighted by Crippen LogP contribution is 2.28. The van der Waals surface area contributed by atoms with Gasteiger partial charge in [0.25, 0.3) is 0 Å². The highest BCUT2D eigenvalue weighted by molar-refractivity contribution is 6.30. The number of nitrogens with one attached hydrogen (secondary N) is 2. The molecule has 2 nitrogen and oxygen atoms in total. The first kappa shape index (κ1) is 14.2. The standard InChI is InChI=1S/C18H20N2/c1-18(17(20)14-19,12-15-8-4-2-5-9-15)13-16-10-6-3-7-11-16/h2-11,14,19-20H,12-13H2,1H3. The summed E-state index contributed by atoms with van der Waals surface area (Å²) in [5, 5.41) is 15.6. The Morgan fingerprint density at radius 3 is 1.65 bits per heavy atom. The van der Waals surface area contributed by atoms with E-state index in [4.69, 9.17) is 10.8 Å². The molecule has 0 fully saturated rings. The van der Waals surface area contributed by atoms with E-state index in [1.807, 2.05) is 36.4 Å². The third-order valence-electron chi connectivity index (χ3n) is 3.67. The van der Waals surface area contributed by atoms with Crippen LogP contribution in [0.4, 0.5) is 0 Å². The molecule has 0 unspecified atom stereocenters. The Bertz CT molecular complexity index is 531. The summed E-state index contributed by atoms with van der Waals surface area (Å²) in [6.07, 6.45) is 2.72. The number of hydrogen-bond donors (Lipinski definition) is 2. The van der Waals surface area contributed by atoms with Crippen molar-refractivity contribution in [2.24, 2.45) is 5.41 Å². The number of rotatable bonds is 6. The molecule has 0 heterocycles. The summed E-state index contributed by atoms with van der Waals surface area (Å²) in [5.41, 5.74) is 2.45. The third-order valence-corrected chi connectivity index (χ3v) is 3.67. The lowest BCUT2D eigenvalue weighted by Gasteiger charge is -2.29. The fourth-order valence-corrected chi connectivity index (χ4v) is 2.52. The van der Waals surface area contributed by atoms with Gasteiger partial charge in [0.15, 0.2) is 0 Å². The third kappa shape index (κ3) is 3.41. The first-order chi connectivity index (χ1) is 9.64. The van der Waals surface area contributed by atoms with Crippen molar-refractivity contribution < 1.29 is 0 Å². The lowest BCUT2D eigenvalue weighted by atomic mass is 9.75. The molecule has 0 amide bonds. The van der Waals surface area contributed by atoms with Gasteiger partial charge in [-0.15, -0.1) is 0 Å². The van der Waals surface area contributed by atoms with Crippen LogP contribution < -0.4 is 0 Å². The van der Waals surface area contributed by atoms with Gasteiger partial charge in [-0.1, -0.05) is 67.6 Å². The lowest BCUT2D eigenvalue weighted by Crippen LogP contribution is -2.33. The minimum Gasteiger partial charge on any atom is -0.307 e. The largest absolute Gasteiger partial charge is 0.307 e. The molecule has 102 valence electrons. The summed E-state index contributed by atoms with van der Waals surface area (Å²) in [6.45, 7) is 2.07. The summed E-state index contributed by atoms with van der Waals surface area (Å²) in [6, 6.07) is 20.4. The van der Waals surface area contributed by atoms with E-state index in [9.17, 15) is 0 Å². The molecule has 2 heteroatoms. The molecular formula is C18H20N2. The molecule has 0 bridgehead atoms. The fourth-order valence-electron chi connectivity index (χ4n) is 2.52. The Labute approximate surface area is 120 Å². The van der Waals surface area contributed by atoms with Crippen LogP contribution in [0.2, 0.25) is 0 Å². The van der Waals surface area contributed by atoms with Gasteiger partial charge >= 0.3 is 0 Å². The van der Waals surface area contributed by atoms with Crippen molar-refractivity contribution >= 4 is 11.9 Å². The van der Waals surface area contributed by atoms with E-state index in [-0.39, 0.29) is 5.41 Å². The van der Waals surface area contributed by atoms with Crippen LogP contribution >= 0.6 is 0 Å². The van der Waals surface area contributed by atoms with Crippen molar-refractivity contribution in [1.82, 2.24) is 0 Å². The Kier molecular flexibility index (Phi) is 4.46. The van der Waals surface area contributed by atoms with Gasteiger partial charge in [-0.3, -0.25) is 0 Å². The van der Waals surface area contributed by atoms with Gasteiger partial charge in [-0.2, -0.15) is 0 Å². The minimum absolute atomic E-state index is 0.343. The van der Waals surface area contributed by atoms with E-state index in [0.29, 0.717) is 5.71 Å². The molecule has 0 radical (unpaired) electrons. The van der Waals surface area contributed by atoms with E-state index >= 15 is 0 Å². The van der Waals surface area contributed by atoms with Crippen molar-refractivity contribution in [3.63, 3.8) is 0 Å². The van der Waals surface area contributed by atoms with E-state index in [0.717, 1.165) is 12.8 Å². The Morgan fingerprint density at radius 2 is 1.30 bits per heavy atom. The van der Waals surface area contributed by atoms with Gasteiger partial charge in [-0.05, 0) is 24.0 Å². The van der Waals surface area contributed by atoms with E-state index in [1.165, 1.54) is 17.3 Å². The Balaban J connectivity index is 2.26. The molecular weight excluding hydrogens is 244 g/mol. The summed E-state index contributed by atoms with van der Waals surface area (Å²) < 4.78 is 0. The monoisotopic (exact) mass is 264 g/mol. The van der Waals surface area contributed by atoms with E-state index < -0.39 is 0 Å². The molecule has 0 aliphatic carbocycles. The predicted molar refractivity (Wildman–Crippen MR) is 84.9 cm³/mol. The zero-order valence-electron chi connectivity index (χ0n) is 11.8. The van der Waals surface area contributed by atoms with Crippen LogP contribution in [0.5, 0.6) is 0 Å². The van der Waals surface area contributed by atoms with E-state index in [2.05, 4.69) is 31.2 Å². The molecule has 0 aliphatic heterocycles. The summed E-state index contributed by atoms with van der Waals surface area (Å²) in [5.74, 6) is 0. The van der Waals surface area contributed by atoms with Crippen molar-refractivity contribution in [2.45, 2.75) is 19.8 Å². The zero-order chi connectivity index (χ0) is 14.4. The SMILES string of the molecule is CC(Cc1ccccc1)(Cc1ccccc1)C(=N)C=N. The predicted octanol–water partition coefficient (Wildman–Crippen LogP) is 4.15. The maximum absolute atomic E-state index is 8.15. The second-order valence-electron chi connectivity index (χ2n) is 5.44. The second-order valence-corrected chi connectivity index (χ2v) is 5.44. The first-order valence-electron chi connectivity index (χ1n) is 6.81. The number of hydrogen-bond acceptors (Lipinski definition) is 2. The van der Waals surface area contributed by atoms with Crippen LogP contribution in [0, 0.1) is 16.2 Å². The maximum atomic E-state index is 8.15. The summed E-state index contributed by atoms with van der Waals surface area (Å²) in [7, 11) is 0. The van der Waals surface area contributed by atoms with Crippen LogP contribution in [0.15, 0.2) is 60.7 Å². The average Bonchev–Trinajstić information content (AvgIpc) is 2.48. The molecule has 2 N–H and O–H groups in total. The molecule has 0 aliphatic rings. The van der Waals surface area contributed by atoms with Crippen LogP contribution in [0.25, 0.3) is 0 Å². The van der Waals surface area contributed by atoms with Crippen molar-refractivity contribution in [3.8, 4) is 0 Å². The van der Waals surface area contributed by atoms with Gasteiger partial charge in [0.05, 0.1) is 5.71 Å². The van der Waals surface area contributed by atoms with Crippen LogP contribution in [-0.4, -0.2) is 11.9 Å². The molecule has 0 spiro atoms. The van der Waals surface area contributed by atoms with Crippen LogP contribution in [0.3, 0.4) is 0 Å². The van der Waals surface area contributed by atoms with Gasteiger partial charge in [0.1, 0.15) is 0 Å². The molecule has 2 aromatic rings. The van der Waals surface area contributed by atoms with Crippen LogP contribution in [-0.2, 0) is 12.8 Å². The molecule has 0 aromatic heterocycles. The lowest BCUT2D eigenvalue weighted by molar-refractivity contribution is 0.463. The van der Waals surface area contributed by atoms with Crippen molar-refractivity contribution in [2.75, 3.05) is 0 Å². The number of benzene rings is 2. The smallest absolute Gasteiger partial charge is 0.0554 e. The van der Waals surface area contributed by atoms with Gasteiger partial charge < -0.3 is 10.8 Å². The molecule has 2 rings (SSSR count). The highest BCUT2D eigenvalue weighted by Gasteiger charge is 2.29. The molecule has 20 heavy (non-hydrogen) atoms. The zero-order valence-corrected chi connectivity index (χ0v) is 11.8. The average molecular weight is 264 g/mol. The van der Waals surface area contributed by atoms with Gasteiger partial charge in [0, 0.05) is 11.6 Å². The van der Waals surface area contributed by atoms with Gasteiger partial charge in [-0.25, -0.2) is 0 Å². The molecule has 2 aromatic carbocycles. The fraction of sp³-hybridized carbons (Fsp3) is 0.222. The summed E-state index contributed by atoms with van der Waals surface area (Å²) >= 11 is 0. The molecule has 0 saturated heterocycles.